The third-order valence-corrected chi connectivity index (χ3v) is 3.20. The Morgan fingerprint density at radius 3 is 2.61 bits per heavy atom. The van der Waals surface area contributed by atoms with Gasteiger partial charge in [-0.2, -0.15) is 0 Å². The predicted molar refractivity (Wildman–Crippen MR) is 86.9 cm³/mol. The molecule has 0 amide bonds. The average Bonchev–Trinajstić information content (AvgIpc) is 3.00. The van der Waals surface area contributed by atoms with Crippen molar-refractivity contribution in [1.82, 2.24) is 20.2 Å². The van der Waals surface area contributed by atoms with Gasteiger partial charge < -0.3 is 4.90 Å². The van der Waals surface area contributed by atoms with Gasteiger partial charge in [-0.25, -0.2) is 14.6 Å². The number of carbonyl (C=O) groups excluding carboxylic acids is 1. The number of carbonyl (C=O) groups is 1. The summed E-state index contributed by atoms with van der Waals surface area (Å²) in [5, 5.41) is 7.64. The van der Waals surface area contributed by atoms with Crippen molar-refractivity contribution in [3.8, 4) is 11.3 Å². The van der Waals surface area contributed by atoms with Gasteiger partial charge in [-0.3, -0.25) is 4.79 Å². The van der Waals surface area contributed by atoms with Crippen molar-refractivity contribution in [3.05, 3.63) is 35.9 Å². The lowest BCUT2D eigenvalue weighted by molar-refractivity contribution is 0.101. The maximum absolute atomic E-state index is 12.3. The molecule has 0 atom stereocenters. The number of nitrogens with zero attached hydrogens (tertiary/aromatic N) is 5. The second-order valence-corrected chi connectivity index (χ2v) is 5.25. The Kier molecular flexibility index (Phi) is 3.84. The highest BCUT2D eigenvalue weighted by Gasteiger charge is 2.22. The number of aromatic nitrogens is 3. The molecule has 7 heteroatoms. The van der Waals surface area contributed by atoms with Crippen molar-refractivity contribution in [3.63, 3.8) is 0 Å². The molecule has 2 aromatic heterocycles. The quantitative estimate of drug-likeness (QED) is 0.418. The monoisotopic (exact) mass is 309 g/mol. The first-order valence-corrected chi connectivity index (χ1v) is 7.01. The summed E-state index contributed by atoms with van der Waals surface area (Å²) in [5.41, 5.74) is 2.83. The molecule has 2 heterocycles. The van der Waals surface area contributed by atoms with E-state index in [0.717, 1.165) is 5.56 Å². The van der Waals surface area contributed by atoms with Crippen molar-refractivity contribution < 1.29 is 9.42 Å². The molecule has 116 valence electrons. The van der Waals surface area contributed by atoms with E-state index in [1.165, 1.54) is 6.92 Å². The van der Waals surface area contributed by atoms with Gasteiger partial charge in [0.25, 0.3) is 0 Å². The Morgan fingerprint density at radius 2 is 1.96 bits per heavy atom. The SMILES string of the molecule is CC(=O)c1c(-c2ccccc2)nc2nonc2c1N=CN(C)C. The standard InChI is InChI=1S/C16H15N5O2/c1-10(22)12-13(11-7-5-4-6-8-11)18-16-15(19-23-20-16)14(12)17-9-21(2)3/h4-9H,1-3H3. The molecule has 0 N–H and O–H groups in total. The molecule has 0 saturated carbocycles. The largest absolute Gasteiger partial charge is 0.369 e. The zero-order valence-corrected chi connectivity index (χ0v) is 13.0. The fraction of sp³-hybridized carbons (Fsp3) is 0.188. The van der Waals surface area contributed by atoms with Gasteiger partial charge in [0.15, 0.2) is 11.3 Å². The summed E-state index contributed by atoms with van der Waals surface area (Å²) in [6.07, 6.45) is 1.60. The number of hydrogen-bond acceptors (Lipinski definition) is 6. The van der Waals surface area contributed by atoms with E-state index in [1.807, 2.05) is 44.4 Å². The molecule has 0 aliphatic rings. The number of rotatable bonds is 4. The van der Waals surface area contributed by atoms with Gasteiger partial charge in [0.05, 0.1) is 17.6 Å². The lowest BCUT2D eigenvalue weighted by Crippen LogP contribution is -2.08. The van der Waals surface area contributed by atoms with E-state index >= 15 is 0 Å². The number of benzene rings is 1. The molecule has 0 aliphatic carbocycles. The average molecular weight is 309 g/mol. The number of pyridine rings is 1. The third kappa shape index (κ3) is 2.80. The minimum Gasteiger partial charge on any atom is -0.369 e. The van der Waals surface area contributed by atoms with Crippen LogP contribution >= 0.6 is 0 Å². The number of hydrogen-bond donors (Lipinski definition) is 0. The van der Waals surface area contributed by atoms with E-state index in [2.05, 4.69) is 20.3 Å². The fourth-order valence-corrected chi connectivity index (χ4v) is 2.24. The van der Waals surface area contributed by atoms with Crippen LogP contribution in [0.2, 0.25) is 0 Å². The number of fused-ring (bicyclic) bond motifs is 1. The predicted octanol–water partition coefficient (Wildman–Crippen LogP) is 2.71. The highest BCUT2D eigenvalue weighted by atomic mass is 16.6. The third-order valence-electron chi connectivity index (χ3n) is 3.20. The molecule has 3 rings (SSSR count). The van der Waals surface area contributed by atoms with Gasteiger partial charge in [-0.15, -0.1) is 0 Å². The van der Waals surface area contributed by atoms with Gasteiger partial charge >= 0.3 is 0 Å². The number of ketones is 1. The molecule has 0 spiro atoms. The second-order valence-electron chi connectivity index (χ2n) is 5.25. The van der Waals surface area contributed by atoms with Crippen LogP contribution in [0.1, 0.15) is 17.3 Å². The molecule has 7 nitrogen and oxygen atoms in total. The van der Waals surface area contributed by atoms with Crippen molar-refractivity contribution in [2.24, 2.45) is 4.99 Å². The van der Waals surface area contributed by atoms with Crippen LogP contribution in [0.3, 0.4) is 0 Å². The van der Waals surface area contributed by atoms with Crippen LogP contribution in [0, 0.1) is 0 Å². The first kappa shape index (κ1) is 14.8. The molecule has 23 heavy (non-hydrogen) atoms. The van der Waals surface area contributed by atoms with Crippen LogP contribution in [0.5, 0.6) is 0 Å². The van der Waals surface area contributed by atoms with Crippen LogP contribution in [0.4, 0.5) is 5.69 Å². The number of Topliss-reactive ketones (excluding diaryl/α,β-unsaturated/α-hetero) is 1. The smallest absolute Gasteiger partial charge is 0.226 e. The second kappa shape index (κ2) is 5.96. The summed E-state index contributed by atoms with van der Waals surface area (Å²) in [6.45, 7) is 1.48. The molecule has 0 aliphatic heterocycles. The lowest BCUT2D eigenvalue weighted by atomic mass is 10.0. The van der Waals surface area contributed by atoms with Crippen LogP contribution in [-0.4, -0.2) is 46.4 Å². The normalized spacial score (nSPS) is 11.3. The van der Waals surface area contributed by atoms with Crippen molar-refractivity contribution >= 4 is 29.0 Å². The van der Waals surface area contributed by atoms with E-state index in [0.29, 0.717) is 28.1 Å². The summed E-state index contributed by atoms with van der Waals surface area (Å²) in [4.78, 5) is 22.9. The van der Waals surface area contributed by atoms with Crippen LogP contribution in [-0.2, 0) is 0 Å². The maximum atomic E-state index is 12.3. The molecular weight excluding hydrogens is 294 g/mol. The highest BCUT2D eigenvalue weighted by Crippen LogP contribution is 2.34. The molecule has 0 fully saturated rings. The molecule has 0 unspecified atom stereocenters. The lowest BCUT2D eigenvalue weighted by Gasteiger charge is -2.10. The molecule has 0 saturated heterocycles. The Balaban J connectivity index is 2.36. The van der Waals surface area contributed by atoms with E-state index in [-0.39, 0.29) is 5.78 Å². The van der Waals surface area contributed by atoms with E-state index < -0.39 is 0 Å². The Hall–Kier alpha value is -3.09. The van der Waals surface area contributed by atoms with Gasteiger partial charge in [0.1, 0.15) is 5.69 Å². The highest BCUT2D eigenvalue weighted by molar-refractivity contribution is 6.10. The molecule has 0 radical (unpaired) electrons. The van der Waals surface area contributed by atoms with Crippen molar-refractivity contribution in [2.45, 2.75) is 6.92 Å². The number of aliphatic imine (C=N–C) groups is 1. The fourth-order valence-electron chi connectivity index (χ4n) is 2.24. The first-order chi connectivity index (χ1) is 11.1. The zero-order valence-electron chi connectivity index (χ0n) is 13.0. The van der Waals surface area contributed by atoms with Gasteiger partial charge in [-0.05, 0) is 17.2 Å². The van der Waals surface area contributed by atoms with Gasteiger partial charge in [0, 0.05) is 19.7 Å². The van der Waals surface area contributed by atoms with Gasteiger partial charge in [-0.1, -0.05) is 30.3 Å². The van der Waals surface area contributed by atoms with E-state index in [4.69, 9.17) is 4.63 Å². The van der Waals surface area contributed by atoms with Crippen molar-refractivity contribution in [1.29, 1.82) is 0 Å². The molecule has 0 bridgehead atoms. The molecule has 3 aromatic rings. The summed E-state index contributed by atoms with van der Waals surface area (Å²) in [6, 6.07) is 9.43. The first-order valence-electron chi connectivity index (χ1n) is 7.01. The summed E-state index contributed by atoms with van der Waals surface area (Å²) < 4.78 is 4.78. The van der Waals surface area contributed by atoms with Crippen molar-refractivity contribution in [2.75, 3.05) is 14.1 Å². The van der Waals surface area contributed by atoms with E-state index in [9.17, 15) is 4.79 Å². The minimum absolute atomic E-state index is 0.146. The zero-order chi connectivity index (χ0) is 16.4. The molecular formula is C16H15N5O2. The summed E-state index contributed by atoms with van der Waals surface area (Å²) in [5.74, 6) is -0.146. The van der Waals surface area contributed by atoms with Crippen LogP contribution < -0.4 is 0 Å². The molecule has 1 aromatic carbocycles. The summed E-state index contributed by atoms with van der Waals surface area (Å²) in [7, 11) is 3.68. The topological polar surface area (TPSA) is 84.5 Å². The van der Waals surface area contributed by atoms with Crippen LogP contribution in [0.15, 0.2) is 40.0 Å². The minimum atomic E-state index is -0.146. The summed E-state index contributed by atoms with van der Waals surface area (Å²) >= 11 is 0. The Morgan fingerprint density at radius 1 is 1.22 bits per heavy atom. The van der Waals surface area contributed by atoms with E-state index in [1.54, 1.807) is 11.2 Å². The van der Waals surface area contributed by atoms with Crippen LogP contribution in [0.25, 0.3) is 22.4 Å². The maximum Gasteiger partial charge on any atom is 0.226 e. The Bertz CT molecular complexity index is 884. The Labute approximate surface area is 132 Å². The van der Waals surface area contributed by atoms with Gasteiger partial charge in [0.2, 0.25) is 5.65 Å².